The molecule has 0 aliphatic rings. The van der Waals surface area contributed by atoms with E-state index in [9.17, 15) is 4.39 Å². The van der Waals surface area contributed by atoms with E-state index in [-0.39, 0.29) is 11.6 Å². The smallest absolute Gasteiger partial charge is 0.208 e. The van der Waals surface area contributed by atoms with Crippen molar-refractivity contribution in [3.05, 3.63) is 41.6 Å². The molecule has 1 aromatic carbocycles. The number of nitrogens with zero attached hydrogens (tertiary/aromatic N) is 1. The van der Waals surface area contributed by atoms with Crippen LogP contribution in [0.1, 0.15) is 11.4 Å². The summed E-state index contributed by atoms with van der Waals surface area (Å²) in [5, 5.41) is 9.04. The number of aromatic hydroxyl groups is 1. The van der Waals surface area contributed by atoms with Gasteiger partial charge in [0, 0.05) is 6.42 Å². The molecule has 2 aromatic rings. The lowest BCUT2D eigenvalue weighted by atomic mass is 10.1. The van der Waals surface area contributed by atoms with Crippen LogP contribution < -0.4 is 5.73 Å². The topological polar surface area (TPSA) is 74.9 Å². The average Bonchev–Trinajstić information content (AvgIpc) is 2.66. The number of nitrogens with two attached hydrogens (primary N) is 1. The van der Waals surface area contributed by atoms with Crippen LogP contribution in [-0.2, 0) is 12.8 Å². The summed E-state index contributed by atoms with van der Waals surface area (Å²) in [7, 11) is 0. The molecule has 0 spiro atoms. The predicted molar refractivity (Wildman–Crippen MR) is 58.5 cm³/mol. The molecule has 0 bridgehead atoms. The minimum absolute atomic E-state index is 0.0496. The van der Waals surface area contributed by atoms with Crippen LogP contribution in [0, 0.1) is 5.82 Å². The Bertz CT molecular complexity index is 496. The van der Waals surface area contributed by atoms with E-state index in [0.717, 1.165) is 5.56 Å². The molecular weight excluding hydrogens is 209 g/mol. The maximum atomic E-state index is 12.9. The fourth-order valence-electron chi connectivity index (χ4n) is 1.49. The molecular formula is C11H12FN3O. The Hall–Kier alpha value is -2.04. The first kappa shape index (κ1) is 10.5. The van der Waals surface area contributed by atoms with Crippen LogP contribution in [-0.4, -0.2) is 15.1 Å². The Morgan fingerprint density at radius 3 is 2.81 bits per heavy atom. The molecule has 1 heterocycles. The third-order valence-electron chi connectivity index (χ3n) is 2.33. The molecule has 4 nitrogen and oxygen atoms in total. The van der Waals surface area contributed by atoms with Gasteiger partial charge >= 0.3 is 0 Å². The van der Waals surface area contributed by atoms with Crippen LogP contribution >= 0.6 is 0 Å². The molecule has 0 saturated heterocycles. The summed E-state index contributed by atoms with van der Waals surface area (Å²) in [4.78, 5) is 6.67. The first-order chi connectivity index (χ1) is 7.65. The molecule has 0 aliphatic carbocycles. The maximum absolute atomic E-state index is 12.9. The Kier molecular flexibility index (Phi) is 2.76. The van der Waals surface area contributed by atoms with E-state index in [1.807, 2.05) is 0 Å². The number of hydrogen-bond donors (Lipinski definition) is 3. The van der Waals surface area contributed by atoms with Gasteiger partial charge in [-0.1, -0.05) is 6.07 Å². The van der Waals surface area contributed by atoms with Gasteiger partial charge in [0.2, 0.25) is 5.88 Å². The summed E-state index contributed by atoms with van der Waals surface area (Å²) in [6.45, 7) is 0. The highest BCUT2D eigenvalue weighted by Gasteiger charge is 2.02. The Balaban J connectivity index is 2.02. The zero-order valence-electron chi connectivity index (χ0n) is 8.57. The van der Waals surface area contributed by atoms with E-state index in [1.165, 1.54) is 12.3 Å². The van der Waals surface area contributed by atoms with Crippen molar-refractivity contribution in [1.29, 1.82) is 0 Å². The summed E-state index contributed by atoms with van der Waals surface area (Å²) in [5.74, 6) is 0.341. The minimum Gasteiger partial charge on any atom is -0.493 e. The number of H-pyrrole nitrogens is 1. The second kappa shape index (κ2) is 4.22. The van der Waals surface area contributed by atoms with Crippen molar-refractivity contribution in [1.82, 2.24) is 9.97 Å². The fourth-order valence-corrected chi connectivity index (χ4v) is 1.49. The molecule has 4 N–H and O–H groups in total. The number of aryl methyl sites for hydroxylation is 2. The molecule has 2 rings (SSSR count). The van der Waals surface area contributed by atoms with Gasteiger partial charge in [-0.25, -0.2) is 9.37 Å². The number of hydrogen-bond acceptors (Lipinski definition) is 3. The number of benzene rings is 1. The predicted octanol–water partition coefficient (Wildman–Crippen LogP) is 1.62. The molecule has 0 unspecified atom stereocenters. The number of aromatic nitrogens is 2. The molecule has 16 heavy (non-hydrogen) atoms. The van der Waals surface area contributed by atoms with E-state index in [4.69, 9.17) is 10.8 Å². The summed E-state index contributed by atoms with van der Waals surface area (Å²) in [6.07, 6.45) is 2.69. The lowest BCUT2D eigenvalue weighted by Gasteiger charge is -2.02. The molecule has 84 valence electrons. The summed E-state index contributed by atoms with van der Waals surface area (Å²) in [5.41, 5.74) is 6.55. The summed E-state index contributed by atoms with van der Waals surface area (Å²) in [6, 6.07) is 4.65. The first-order valence-electron chi connectivity index (χ1n) is 4.92. The number of rotatable bonds is 3. The minimum atomic E-state index is -0.403. The van der Waals surface area contributed by atoms with Gasteiger partial charge in [0.25, 0.3) is 0 Å². The summed E-state index contributed by atoms with van der Waals surface area (Å²) >= 11 is 0. The molecule has 0 saturated carbocycles. The van der Waals surface area contributed by atoms with Crippen molar-refractivity contribution in [3.63, 3.8) is 0 Å². The van der Waals surface area contributed by atoms with Crippen LogP contribution in [0.2, 0.25) is 0 Å². The van der Waals surface area contributed by atoms with Gasteiger partial charge in [-0.2, -0.15) is 0 Å². The van der Waals surface area contributed by atoms with Crippen molar-refractivity contribution in [2.24, 2.45) is 0 Å². The Morgan fingerprint density at radius 1 is 1.38 bits per heavy atom. The number of nitrogen functional groups attached to an aromatic ring is 1. The standard InChI is InChI=1S/C11H12FN3O/c12-8-3-1-7(5-9(8)13)2-4-10-14-6-11(16)15-10/h1,3,5-6,16H,2,4,13H2,(H,14,15). The van der Waals surface area contributed by atoms with E-state index in [2.05, 4.69) is 9.97 Å². The van der Waals surface area contributed by atoms with Crippen molar-refractivity contribution < 1.29 is 9.50 Å². The van der Waals surface area contributed by atoms with Crippen LogP contribution in [0.15, 0.2) is 24.4 Å². The van der Waals surface area contributed by atoms with E-state index in [1.54, 1.807) is 12.1 Å². The highest BCUT2D eigenvalue weighted by Crippen LogP contribution is 2.14. The van der Waals surface area contributed by atoms with Crippen LogP contribution in [0.25, 0.3) is 0 Å². The maximum Gasteiger partial charge on any atom is 0.208 e. The van der Waals surface area contributed by atoms with E-state index >= 15 is 0 Å². The normalized spacial score (nSPS) is 10.6. The largest absolute Gasteiger partial charge is 0.493 e. The SMILES string of the molecule is Nc1cc(CCc2ncc(O)[nH]2)ccc1F. The van der Waals surface area contributed by atoms with Crippen molar-refractivity contribution in [2.75, 3.05) is 5.73 Å². The van der Waals surface area contributed by atoms with Gasteiger partial charge in [0.15, 0.2) is 0 Å². The van der Waals surface area contributed by atoms with Gasteiger partial charge < -0.3 is 15.8 Å². The van der Waals surface area contributed by atoms with E-state index in [0.29, 0.717) is 18.7 Å². The molecule has 0 fully saturated rings. The number of imidazole rings is 1. The number of anilines is 1. The molecule has 0 aliphatic heterocycles. The van der Waals surface area contributed by atoms with E-state index < -0.39 is 5.82 Å². The molecule has 0 radical (unpaired) electrons. The van der Waals surface area contributed by atoms with Crippen molar-refractivity contribution >= 4 is 5.69 Å². The Labute approximate surface area is 91.9 Å². The van der Waals surface area contributed by atoms with Crippen molar-refractivity contribution in [2.45, 2.75) is 12.8 Å². The zero-order chi connectivity index (χ0) is 11.5. The van der Waals surface area contributed by atoms with Crippen LogP contribution in [0.3, 0.4) is 0 Å². The van der Waals surface area contributed by atoms with Gasteiger partial charge in [-0.05, 0) is 24.1 Å². The summed E-state index contributed by atoms with van der Waals surface area (Å²) < 4.78 is 12.9. The number of nitrogens with one attached hydrogen (secondary N) is 1. The van der Waals surface area contributed by atoms with Gasteiger partial charge in [0.05, 0.1) is 11.9 Å². The second-order valence-electron chi connectivity index (χ2n) is 3.57. The average molecular weight is 221 g/mol. The molecule has 1 aromatic heterocycles. The van der Waals surface area contributed by atoms with Crippen LogP contribution in [0.4, 0.5) is 10.1 Å². The lowest BCUT2D eigenvalue weighted by Crippen LogP contribution is -1.96. The van der Waals surface area contributed by atoms with Gasteiger partial charge in [0.1, 0.15) is 11.6 Å². The molecule has 5 heteroatoms. The number of halogens is 1. The fraction of sp³-hybridized carbons (Fsp3) is 0.182. The zero-order valence-corrected chi connectivity index (χ0v) is 8.57. The quantitative estimate of drug-likeness (QED) is 0.689. The highest BCUT2D eigenvalue weighted by atomic mass is 19.1. The lowest BCUT2D eigenvalue weighted by molar-refractivity contribution is 0.455. The number of aromatic amines is 1. The third-order valence-corrected chi connectivity index (χ3v) is 2.33. The van der Waals surface area contributed by atoms with Crippen LogP contribution in [0.5, 0.6) is 5.88 Å². The molecule has 0 atom stereocenters. The highest BCUT2D eigenvalue weighted by molar-refractivity contribution is 5.42. The van der Waals surface area contributed by atoms with Gasteiger partial charge in [-0.15, -0.1) is 0 Å². The molecule has 0 amide bonds. The Morgan fingerprint density at radius 2 is 2.19 bits per heavy atom. The monoisotopic (exact) mass is 221 g/mol. The third kappa shape index (κ3) is 2.31. The second-order valence-corrected chi connectivity index (χ2v) is 3.57. The van der Waals surface area contributed by atoms with Crippen molar-refractivity contribution in [3.8, 4) is 5.88 Å². The van der Waals surface area contributed by atoms with Gasteiger partial charge in [-0.3, -0.25) is 0 Å². The first-order valence-corrected chi connectivity index (χ1v) is 4.92.